The Labute approximate surface area is 135 Å². The van der Waals surface area contributed by atoms with Crippen LogP contribution in [0.3, 0.4) is 0 Å². The Balaban J connectivity index is 1.88. The first-order chi connectivity index (χ1) is 10.0. The van der Waals surface area contributed by atoms with Gasteiger partial charge in [-0.05, 0) is 43.0 Å². The molecule has 1 aromatic heterocycles. The zero-order valence-corrected chi connectivity index (χ0v) is 13.3. The van der Waals surface area contributed by atoms with Crippen LogP contribution in [-0.2, 0) is 6.42 Å². The molecule has 1 aliphatic rings. The van der Waals surface area contributed by atoms with E-state index in [4.69, 9.17) is 23.2 Å². The number of nitro groups is 1. The molecule has 0 fully saturated rings. The smallest absolute Gasteiger partial charge is 0.289 e. The second-order valence-electron chi connectivity index (χ2n) is 4.94. The maximum atomic E-state index is 10.9. The van der Waals surface area contributed by atoms with Crippen LogP contribution >= 0.6 is 34.5 Å². The first-order valence-electron chi connectivity index (χ1n) is 6.53. The first kappa shape index (κ1) is 14.6. The van der Waals surface area contributed by atoms with Gasteiger partial charge in [0.05, 0.1) is 15.3 Å². The summed E-state index contributed by atoms with van der Waals surface area (Å²) < 4.78 is 0.788. The van der Waals surface area contributed by atoms with Gasteiger partial charge in [-0.1, -0.05) is 23.2 Å². The van der Waals surface area contributed by atoms with Crippen molar-refractivity contribution < 1.29 is 4.92 Å². The second-order valence-corrected chi connectivity index (χ2v) is 7.12. The number of fused-ring (bicyclic) bond motifs is 1. The van der Waals surface area contributed by atoms with E-state index in [0.29, 0.717) is 5.69 Å². The van der Waals surface area contributed by atoms with Crippen molar-refractivity contribution in [2.24, 2.45) is 0 Å². The van der Waals surface area contributed by atoms with E-state index in [1.807, 2.05) is 6.07 Å². The summed E-state index contributed by atoms with van der Waals surface area (Å²) in [5.41, 5.74) is 1.82. The molecule has 4 nitrogen and oxygen atoms in total. The summed E-state index contributed by atoms with van der Waals surface area (Å²) in [6, 6.07) is 6.91. The summed E-state index contributed by atoms with van der Waals surface area (Å²) in [7, 11) is 0. The number of rotatable bonds is 3. The van der Waals surface area contributed by atoms with Gasteiger partial charge in [0, 0.05) is 16.6 Å². The van der Waals surface area contributed by atoms with E-state index in [-0.39, 0.29) is 16.8 Å². The third kappa shape index (κ3) is 3.00. The first-order valence-corrected chi connectivity index (χ1v) is 8.10. The molecular weight excluding hydrogens is 331 g/mol. The van der Waals surface area contributed by atoms with Crippen LogP contribution in [-0.4, -0.2) is 4.92 Å². The van der Waals surface area contributed by atoms with Crippen LogP contribution < -0.4 is 5.32 Å². The Bertz CT molecular complexity index is 702. The van der Waals surface area contributed by atoms with E-state index in [1.54, 1.807) is 23.5 Å². The molecule has 0 radical (unpaired) electrons. The highest BCUT2D eigenvalue weighted by Gasteiger charge is 2.23. The average Bonchev–Trinajstić information content (AvgIpc) is 2.82. The number of nitrogens with zero attached hydrogens (tertiary/aromatic N) is 1. The lowest BCUT2D eigenvalue weighted by atomic mass is 9.94. The van der Waals surface area contributed by atoms with Crippen LogP contribution in [0.4, 0.5) is 11.4 Å². The average molecular weight is 343 g/mol. The van der Waals surface area contributed by atoms with Gasteiger partial charge in [-0.3, -0.25) is 10.1 Å². The highest BCUT2D eigenvalue weighted by molar-refractivity contribution is 7.16. The van der Waals surface area contributed by atoms with E-state index in [1.165, 1.54) is 16.5 Å². The molecule has 1 heterocycles. The molecule has 1 unspecified atom stereocenters. The third-order valence-corrected chi connectivity index (χ3v) is 5.23. The number of benzene rings is 1. The molecule has 1 N–H and O–H groups in total. The van der Waals surface area contributed by atoms with Crippen LogP contribution in [0.1, 0.15) is 29.3 Å². The van der Waals surface area contributed by atoms with Crippen LogP contribution in [0.2, 0.25) is 9.36 Å². The Kier molecular flexibility index (Phi) is 4.06. The molecule has 0 saturated carbocycles. The molecule has 1 aliphatic carbocycles. The van der Waals surface area contributed by atoms with E-state index in [0.717, 1.165) is 23.6 Å². The normalized spacial score (nSPS) is 17.3. The summed E-state index contributed by atoms with van der Waals surface area (Å²) in [6.07, 6.45) is 3.11. The van der Waals surface area contributed by atoms with E-state index >= 15 is 0 Å². The molecule has 0 bridgehead atoms. The van der Waals surface area contributed by atoms with Crippen molar-refractivity contribution in [3.05, 3.63) is 54.2 Å². The molecule has 21 heavy (non-hydrogen) atoms. The Hall–Kier alpha value is -1.30. The van der Waals surface area contributed by atoms with Crippen molar-refractivity contribution in [1.82, 2.24) is 0 Å². The molecule has 0 saturated heterocycles. The summed E-state index contributed by atoms with van der Waals surface area (Å²) in [5.74, 6) is 0. The van der Waals surface area contributed by atoms with Crippen molar-refractivity contribution in [3.8, 4) is 0 Å². The molecular formula is C14H12Cl2N2O2S. The fourth-order valence-corrected chi connectivity index (χ4v) is 4.19. The second kappa shape index (κ2) is 5.83. The molecule has 1 atom stereocenters. The van der Waals surface area contributed by atoms with Gasteiger partial charge in [-0.15, -0.1) is 11.3 Å². The van der Waals surface area contributed by atoms with Gasteiger partial charge >= 0.3 is 0 Å². The van der Waals surface area contributed by atoms with Crippen molar-refractivity contribution in [1.29, 1.82) is 0 Å². The molecule has 0 spiro atoms. The highest BCUT2D eigenvalue weighted by atomic mass is 35.5. The van der Waals surface area contributed by atoms with Crippen LogP contribution in [0.5, 0.6) is 0 Å². The maximum Gasteiger partial charge on any atom is 0.289 e. The Morgan fingerprint density at radius 2 is 2.14 bits per heavy atom. The minimum atomic E-state index is -0.471. The fourth-order valence-electron chi connectivity index (χ4n) is 2.61. The fraction of sp³-hybridized carbons (Fsp3) is 0.286. The molecule has 2 aromatic rings. The largest absolute Gasteiger partial charge is 0.378 e. The Morgan fingerprint density at radius 3 is 2.90 bits per heavy atom. The lowest BCUT2D eigenvalue weighted by Crippen LogP contribution is -2.15. The summed E-state index contributed by atoms with van der Waals surface area (Å²) in [4.78, 5) is 11.8. The standard InChI is InChI=1S/C14H12Cl2N2O2S/c15-10-5-4-8(6-12(10)18(19)20)17-11-2-1-3-13-9(11)7-14(16)21-13/h4-7,11,17H,1-3H2. The number of nitro benzene ring substituents is 1. The molecule has 1 aromatic carbocycles. The minimum absolute atomic E-state index is 0.0824. The summed E-state index contributed by atoms with van der Waals surface area (Å²) in [5, 5.41) is 14.5. The lowest BCUT2D eigenvalue weighted by molar-refractivity contribution is -0.384. The highest BCUT2D eigenvalue weighted by Crippen LogP contribution is 2.40. The lowest BCUT2D eigenvalue weighted by Gasteiger charge is -2.24. The van der Waals surface area contributed by atoms with E-state index in [2.05, 4.69) is 5.32 Å². The number of anilines is 1. The molecule has 7 heteroatoms. The quantitative estimate of drug-likeness (QED) is 0.595. The van der Waals surface area contributed by atoms with Crippen LogP contribution in [0, 0.1) is 10.1 Å². The summed E-state index contributed by atoms with van der Waals surface area (Å²) in [6.45, 7) is 0. The van der Waals surface area contributed by atoms with Gasteiger partial charge in [0.2, 0.25) is 0 Å². The number of halogens is 2. The van der Waals surface area contributed by atoms with Gasteiger partial charge in [0.1, 0.15) is 5.02 Å². The topological polar surface area (TPSA) is 55.2 Å². The number of thiophene rings is 1. The zero-order chi connectivity index (χ0) is 15.0. The van der Waals surface area contributed by atoms with Gasteiger partial charge < -0.3 is 5.32 Å². The predicted molar refractivity (Wildman–Crippen MR) is 86.7 cm³/mol. The van der Waals surface area contributed by atoms with Crippen LogP contribution in [0.15, 0.2) is 24.3 Å². The number of nitrogens with one attached hydrogen (secondary N) is 1. The van der Waals surface area contributed by atoms with Gasteiger partial charge in [0.15, 0.2) is 0 Å². The zero-order valence-electron chi connectivity index (χ0n) is 10.9. The van der Waals surface area contributed by atoms with Crippen molar-refractivity contribution in [2.45, 2.75) is 25.3 Å². The molecule has 0 amide bonds. The van der Waals surface area contributed by atoms with Crippen LogP contribution in [0.25, 0.3) is 0 Å². The number of hydrogen-bond donors (Lipinski definition) is 1. The molecule has 3 rings (SSSR count). The number of aryl methyl sites for hydroxylation is 1. The Morgan fingerprint density at radius 1 is 1.33 bits per heavy atom. The van der Waals surface area contributed by atoms with Gasteiger partial charge in [-0.2, -0.15) is 0 Å². The minimum Gasteiger partial charge on any atom is -0.378 e. The van der Waals surface area contributed by atoms with Crippen molar-refractivity contribution in [2.75, 3.05) is 5.32 Å². The monoisotopic (exact) mass is 342 g/mol. The number of hydrogen-bond acceptors (Lipinski definition) is 4. The predicted octanol–water partition coefficient (Wildman–Crippen LogP) is 5.45. The molecule has 0 aliphatic heterocycles. The van der Waals surface area contributed by atoms with E-state index in [9.17, 15) is 10.1 Å². The van der Waals surface area contributed by atoms with E-state index < -0.39 is 4.92 Å². The third-order valence-electron chi connectivity index (χ3n) is 3.57. The maximum absolute atomic E-state index is 10.9. The summed E-state index contributed by atoms with van der Waals surface area (Å²) >= 11 is 13.5. The molecule has 110 valence electrons. The van der Waals surface area contributed by atoms with Gasteiger partial charge in [0.25, 0.3) is 5.69 Å². The van der Waals surface area contributed by atoms with Crippen molar-refractivity contribution >= 4 is 45.9 Å². The van der Waals surface area contributed by atoms with Gasteiger partial charge in [-0.25, -0.2) is 0 Å². The SMILES string of the molecule is O=[N+]([O-])c1cc(NC2CCCc3sc(Cl)cc32)ccc1Cl. The van der Waals surface area contributed by atoms with Crippen molar-refractivity contribution in [3.63, 3.8) is 0 Å².